The molecule has 0 radical (unpaired) electrons. The van der Waals surface area contributed by atoms with Crippen LogP contribution in [0, 0.1) is 17.8 Å². The van der Waals surface area contributed by atoms with Crippen LogP contribution >= 0.6 is 11.3 Å². The summed E-state index contributed by atoms with van der Waals surface area (Å²) in [5.74, 6) is 2.28. The summed E-state index contributed by atoms with van der Waals surface area (Å²) in [5, 5.41) is 0. The molecule has 1 aromatic rings. The molecule has 2 aliphatic rings. The van der Waals surface area contributed by atoms with Gasteiger partial charge in [0.1, 0.15) is 0 Å². The number of ketones is 1. The largest absolute Gasteiger partial charge is 0.469 e. The van der Waals surface area contributed by atoms with E-state index in [1.807, 2.05) is 12.1 Å². The van der Waals surface area contributed by atoms with Gasteiger partial charge in [-0.05, 0) is 49.1 Å². The third kappa shape index (κ3) is 2.80. The van der Waals surface area contributed by atoms with Crippen molar-refractivity contribution in [3.63, 3.8) is 0 Å². The smallest absolute Gasteiger partial charge is 0.310 e. The van der Waals surface area contributed by atoms with Gasteiger partial charge in [-0.3, -0.25) is 9.59 Å². The average molecular weight is 292 g/mol. The van der Waals surface area contributed by atoms with E-state index in [0.29, 0.717) is 12.3 Å². The maximum absolute atomic E-state index is 12.3. The highest BCUT2D eigenvalue weighted by molar-refractivity contribution is 7.14. The second kappa shape index (κ2) is 5.68. The van der Waals surface area contributed by atoms with Crippen molar-refractivity contribution in [2.24, 2.45) is 17.8 Å². The Morgan fingerprint density at radius 3 is 2.80 bits per heavy atom. The van der Waals surface area contributed by atoms with Gasteiger partial charge >= 0.3 is 5.97 Å². The summed E-state index contributed by atoms with van der Waals surface area (Å²) in [6, 6.07) is 3.73. The second-order valence-corrected chi connectivity index (χ2v) is 7.25. The van der Waals surface area contributed by atoms with Crippen LogP contribution in [0.25, 0.3) is 0 Å². The Bertz CT molecular complexity index is 520. The monoisotopic (exact) mass is 292 g/mol. The Hall–Kier alpha value is -1.16. The molecule has 2 aliphatic carbocycles. The molecule has 0 aliphatic heterocycles. The van der Waals surface area contributed by atoms with E-state index in [-0.39, 0.29) is 18.2 Å². The molecule has 1 aromatic heterocycles. The number of rotatable bonds is 5. The van der Waals surface area contributed by atoms with Crippen molar-refractivity contribution in [2.45, 2.75) is 38.5 Å². The standard InChI is InChI=1S/C16H20O3S/c1-19-16(18)9-13-4-5-15(20-13)14(17)8-12-7-10-2-3-11(12)6-10/h4-5,10-12H,2-3,6-9H2,1H3. The van der Waals surface area contributed by atoms with Gasteiger partial charge in [0.25, 0.3) is 0 Å². The van der Waals surface area contributed by atoms with Crippen LogP contribution in [0.2, 0.25) is 0 Å². The van der Waals surface area contributed by atoms with Crippen LogP contribution in [0.5, 0.6) is 0 Å². The molecule has 1 heterocycles. The highest BCUT2D eigenvalue weighted by Crippen LogP contribution is 2.49. The molecule has 3 unspecified atom stereocenters. The van der Waals surface area contributed by atoms with Gasteiger partial charge in [-0.25, -0.2) is 0 Å². The van der Waals surface area contributed by atoms with Gasteiger partial charge in [-0.1, -0.05) is 6.42 Å². The van der Waals surface area contributed by atoms with Crippen molar-refractivity contribution in [1.29, 1.82) is 0 Å². The van der Waals surface area contributed by atoms with Crippen molar-refractivity contribution in [3.8, 4) is 0 Å². The van der Waals surface area contributed by atoms with Crippen LogP contribution in [0.15, 0.2) is 12.1 Å². The Morgan fingerprint density at radius 2 is 2.15 bits per heavy atom. The number of carbonyl (C=O) groups excluding carboxylic acids is 2. The van der Waals surface area contributed by atoms with E-state index >= 15 is 0 Å². The number of methoxy groups -OCH3 is 1. The predicted molar refractivity (Wildman–Crippen MR) is 77.9 cm³/mol. The Kier molecular flexibility index (Phi) is 3.92. The highest BCUT2D eigenvalue weighted by Gasteiger charge is 2.40. The third-order valence-corrected chi connectivity index (χ3v) is 5.94. The summed E-state index contributed by atoms with van der Waals surface area (Å²) in [7, 11) is 1.39. The molecule has 2 fully saturated rings. The van der Waals surface area contributed by atoms with E-state index in [1.54, 1.807) is 0 Å². The van der Waals surface area contributed by atoms with Gasteiger partial charge in [-0.2, -0.15) is 0 Å². The van der Waals surface area contributed by atoms with Gasteiger partial charge in [0.15, 0.2) is 5.78 Å². The van der Waals surface area contributed by atoms with Gasteiger partial charge in [0, 0.05) is 11.3 Å². The number of Topliss-reactive ketones (excluding diaryl/α,β-unsaturated/α-hetero) is 1. The lowest BCUT2D eigenvalue weighted by molar-refractivity contribution is -0.139. The van der Waals surface area contributed by atoms with E-state index in [4.69, 9.17) is 0 Å². The molecule has 4 heteroatoms. The zero-order valence-electron chi connectivity index (χ0n) is 11.8. The van der Waals surface area contributed by atoms with Gasteiger partial charge in [0.2, 0.25) is 0 Å². The van der Waals surface area contributed by atoms with Gasteiger partial charge in [0.05, 0.1) is 18.4 Å². The van der Waals surface area contributed by atoms with Crippen LogP contribution < -0.4 is 0 Å². The summed E-state index contributed by atoms with van der Waals surface area (Å²) in [4.78, 5) is 25.3. The topological polar surface area (TPSA) is 43.4 Å². The molecular weight excluding hydrogens is 272 g/mol. The zero-order valence-corrected chi connectivity index (χ0v) is 12.6. The van der Waals surface area contributed by atoms with Crippen LogP contribution in [-0.2, 0) is 16.0 Å². The second-order valence-electron chi connectivity index (χ2n) is 6.08. The maximum Gasteiger partial charge on any atom is 0.310 e. The van der Waals surface area contributed by atoms with Crippen LogP contribution in [0.1, 0.15) is 46.7 Å². The van der Waals surface area contributed by atoms with Crippen molar-refractivity contribution < 1.29 is 14.3 Å². The molecule has 0 aromatic carbocycles. The first-order valence-corrected chi connectivity index (χ1v) is 8.16. The van der Waals surface area contributed by atoms with Crippen molar-refractivity contribution in [1.82, 2.24) is 0 Å². The van der Waals surface area contributed by atoms with Gasteiger partial charge in [-0.15, -0.1) is 11.3 Å². The molecule has 3 nitrogen and oxygen atoms in total. The van der Waals surface area contributed by atoms with E-state index in [9.17, 15) is 9.59 Å². The molecule has 0 saturated heterocycles. The summed E-state index contributed by atoms with van der Waals surface area (Å²) in [6.07, 6.45) is 6.24. The Labute approximate surface area is 123 Å². The first-order chi connectivity index (χ1) is 9.65. The molecule has 20 heavy (non-hydrogen) atoms. The molecule has 108 valence electrons. The first-order valence-electron chi connectivity index (χ1n) is 7.34. The molecule has 0 spiro atoms. The van der Waals surface area contributed by atoms with Crippen LogP contribution in [0.3, 0.4) is 0 Å². The Morgan fingerprint density at radius 1 is 1.30 bits per heavy atom. The average Bonchev–Trinajstić information content (AvgIpc) is 3.14. The van der Waals surface area contributed by atoms with E-state index in [2.05, 4.69) is 4.74 Å². The summed E-state index contributed by atoms with van der Waals surface area (Å²) in [6.45, 7) is 0. The lowest BCUT2D eigenvalue weighted by Crippen LogP contribution is -2.14. The minimum Gasteiger partial charge on any atom is -0.469 e. The van der Waals surface area contributed by atoms with Crippen LogP contribution in [-0.4, -0.2) is 18.9 Å². The minimum atomic E-state index is -0.251. The lowest BCUT2D eigenvalue weighted by Gasteiger charge is -2.20. The van der Waals surface area contributed by atoms with Crippen LogP contribution in [0.4, 0.5) is 0 Å². The zero-order chi connectivity index (χ0) is 14.1. The minimum absolute atomic E-state index is 0.251. The SMILES string of the molecule is COC(=O)Cc1ccc(C(=O)CC2CC3CCC2C3)s1. The number of ether oxygens (including phenoxy) is 1. The van der Waals surface area contributed by atoms with Crippen molar-refractivity contribution in [3.05, 3.63) is 21.9 Å². The molecule has 3 rings (SSSR count). The highest BCUT2D eigenvalue weighted by atomic mass is 32.1. The third-order valence-electron chi connectivity index (χ3n) is 4.81. The molecular formula is C16H20O3S. The fourth-order valence-corrected chi connectivity index (χ4v) is 4.74. The number of carbonyl (C=O) groups is 2. The fourth-order valence-electron chi connectivity index (χ4n) is 3.80. The number of fused-ring (bicyclic) bond motifs is 2. The van der Waals surface area contributed by atoms with E-state index in [1.165, 1.54) is 44.1 Å². The maximum atomic E-state index is 12.3. The quantitative estimate of drug-likeness (QED) is 0.616. The summed E-state index contributed by atoms with van der Waals surface area (Å²) in [5.41, 5.74) is 0. The lowest BCUT2D eigenvalue weighted by atomic mass is 9.85. The summed E-state index contributed by atoms with van der Waals surface area (Å²) >= 11 is 1.44. The number of thiophene rings is 1. The molecule has 3 atom stereocenters. The van der Waals surface area contributed by atoms with Crippen molar-refractivity contribution in [2.75, 3.05) is 7.11 Å². The Balaban J connectivity index is 1.58. The normalized spacial score (nSPS) is 27.8. The fraction of sp³-hybridized carbons (Fsp3) is 0.625. The molecule has 2 saturated carbocycles. The summed E-state index contributed by atoms with van der Waals surface area (Å²) < 4.78 is 4.65. The predicted octanol–water partition coefficient (Wildman–Crippen LogP) is 3.47. The van der Waals surface area contributed by atoms with E-state index in [0.717, 1.165) is 21.6 Å². The number of esters is 1. The number of hydrogen-bond acceptors (Lipinski definition) is 4. The first kappa shape index (κ1) is 13.8. The van der Waals surface area contributed by atoms with Crippen molar-refractivity contribution >= 4 is 23.1 Å². The molecule has 0 N–H and O–H groups in total. The molecule has 2 bridgehead atoms. The van der Waals surface area contributed by atoms with E-state index < -0.39 is 0 Å². The molecule has 0 amide bonds. The van der Waals surface area contributed by atoms with Gasteiger partial charge < -0.3 is 4.74 Å². The number of hydrogen-bond donors (Lipinski definition) is 0.